The van der Waals surface area contributed by atoms with Crippen molar-refractivity contribution in [1.29, 1.82) is 0 Å². The number of nitrogens with zero attached hydrogens (tertiary/aromatic N) is 1. The maximum absolute atomic E-state index is 12.9. The molecule has 35 heavy (non-hydrogen) atoms. The molecule has 1 saturated heterocycles. The van der Waals surface area contributed by atoms with E-state index in [1.165, 1.54) is 36.3 Å². The molecule has 4 rings (SSSR count). The second kappa shape index (κ2) is 8.75. The highest BCUT2D eigenvalue weighted by atomic mass is 32.2. The maximum Gasteiger partial charge on any atom is 0.323 e. The van der Waals surface area contributed by atoms with E-state index in [0.717, 1.165) is 5.56 Å². The molecule has 2 aromatic rings. The third-order valence-electron chi connectivity index (χ3n) is 5.37. The summed E-state index contributed by atoms with van der Waals surface area (Å²) in [6.07, 6.45) is 0. The monoisotopic (exact) mass is 497 g/mol. The van der Waals surface area contributed by atoms with Crippen LogP contribution in [0.2, 0.25) is 0 Å². The first-order chi connectivity index (χ1) is 16.5. The first kappa shape index (κ1) is 23.7. The minimum absolute atomic E-state index is 0.0158. The molecule has 0 spiro atoms. The Bertz CT molecular complexity index is 1430. The molecule has 0 aromatic heterocycles. The summed E-state index contributed by atoms with van der Waals surface area (Å²) in [6, 6.07) is 9.83. The van der Waals surface area contributed by atoms with Gasteiger partial charge in [-0.2, -0.15) is 8.42 Å². The number of benzene rings is 2. The summed E-state index contributed by atoms with van der Waals surface area (Å²) in [6.45, 7) is 0.0147. The molecule has 1 atom stereocenters. The van der Waals surface area contributed by atoms with Crippen LogP contribution in [0.3, 0.4) is 0 Å². The Hall–Kier alpha value is -4.41. The van der Waals surface area contributed by atoms with Gasteiger partial charge in [0.2, 0.25) is 5.54 Å². The lowest BCUT2D eigenvalue weighted by atomic mass is 9.99. The molecule has 2 heterocycles. The van der Waals surface area contributed by atoms with Crippen LogP contribution in [0.15, 0.2) is 42.5 Å². The zero-order valence-electron chi connectivity index (χ0n) is 18.2. The molecule has 180 valence electrons. The maximum atomic E-state index is 12.9. The van der Waals surface area contributed by atoms with Crippen molar-refractivity contribution in [2.24, 2.45) is 5.14 Å². The molecule has 5 amide bonds. The summed E-state index contributed by atoms with van der Waals surface area (Å²) < 4.78 is 28.8. The van der Waals surface area contributed by atoms with Crippen LogP contribution in [0.4, 0.5) is 4.79 Å². The van der Waals surface area contributed by atoms with Crippen molar-refractivity contribution in [2.45, 2.75) is 12.1 Å². The van der Waals surface area contributed by atoms with Crippen molar-refractivity contribution >= 4 is 34.0 Å². The summed E-state index contributed by atoms with van der Waals surface area (Å²) in [5.41, 5.74) is -0.140. The Morgan fingerprint density at radius 3 is 2.51 bits per heavy atom. The molecule has 0 saturated carbocycles. The molecular weight excluding hydrogens is 478 g/mol. The number of imide groups is 1. The van der Waals surface area contributed by atoms with Crippen LogP contribution in [-0.2, 0) is 21.5 Å². The highest BCUT2D eigenvalue weighted by molar-refractivity contribution is 7.87. The van der Waals surface area contributed by atoms with Crippen LogP contribution < -0.4 is 25.2 Å². The third kappa shape index (κ3) is 4.93. The van der Waals surface area contributed by atoms with E-state index in [0.29, 0.717) is 16.9 Å². The average molecular weight is 497 g/mol. The van der Waals surface area contributed by atoms with Crippen molar-refractivity contribution in [3.05, 3.63) is 64.7 Å². The predicted octanol–water partition coefficient (Wildman–Crippen LogP) is -0.786. The molecule has 2 aliphatic rings. The summed E-state index contributed by atoms with van der Waals surface area (Å²) >= 11 is 0. The van der Waals surface area contributed by atoms with E-state index in [2.05, 4.69) is 22.5 Å². The molecule has 1 fully saturated rings. The van der Waals surface area contributed by atoms with Gasteiger partial charge in [-0.3, -0.25) is 19.7 Å². The van der Waals surface area contributed by atoms with Crippen LogP contribution in [0, 0.1) is 11.8 Å². The predicted molar refractivity (Wildman–Crippen MR) is 121 cm³/mol. The van der Waals surface area contributed by atoms with Crippen molar-refractivity contribution in [2.75, 3.05) is 13.7 Å². The van der Waals surface area contributed by atoms with E-state index in [9.17, 15) is 27.6 Å². The second-order valence-electron chi connectivity index (χ2n) is 7.80. The first-order valence-electron chi connectivity index (χ1n) is 10.1. The number of urea groups is 1. The van der Waals surface area contributed by atoms with Crippen LogP contribution in [0.1, 0.15) is 31.8 Å². The average Bonchev–Trinajstić information content (AvgIpc) is 3.26. The van der Waals surface area contributed by atoms with E-state index in [4.69, 9.17) is 9.88 Å². The normalized spacial score (nSPS) is 18.8. The van der Waals surface area contributed by atoms with Crippen molar-refractivity contribution in [1.82, 2.24) is 20.3 Å². The number of hydrogen-bond donors (Lipinski definition) is 4. The highest BCUT2D eigenvalue weighted by Crippen LogP contribution is 2.28. The number of carbonyl (C=O) groups excluding carboxylic acids is 4. The van der Waals surface area contributed by atoms with Gasteiger partial charge in [-0.25, -0.2) is 14.7 Å². The largest absolute Gasteiger partial charge is 0.497 e. The van der Waals surface area contributed by atoms with Crippen LogP contribution in [0.5, 0.6) is 5.75 Å². The zero-order chi connectivity index (χ0) is 25.4. The van der Waals surface area contributed by atoms with Crippen LogP contribution in [-0.4, -0.2) is 56.3 Å². The molecule has 13 heteroatoms. The molecule has 0 radical (unpaired) electrons. The van der Waals surface area contributed by atoms with Gasteiger partial charge in [0.15, 0.2) is 0 Å². The molecule has 0 bridgehead atoms. The Balaban J connectivity index is 1.58. The van der Waals surface area contributed by atoms with Gasteiger partial charge in [-0.05, 0) is 42.0 Å². The number of nitrogens with two attached hydrogens (primary N) is 1. The van der Waals surface area contributed by atoms with Crippen molar-refractivity contribution < 1.29 is 32.3 Å². The molecule has 2 aromatic carbocycles. The fourth-order valence-corrected chi connectivity index (χ4v) is 4.06. The van der Waals surface area contributed by atoms with Gasteiger partial charge in [0.25, 0.3) is 27.9 Å². The molecule has 1 unspecified atom stereocenters. The summed E-state index contributed by atoms with van der Waals surface area (Å²) in [5, 5.41) is 9.44. The number of nitrogens with one attached hydrogen (secondary N) is 3. The van der Waals surface area contributed by atoms with Gasteiger partial charge in [-0.15, -0.1) is 0 Å². The number of ether oxygens (including phenoxy) is 1. The lowest BCUT2D eigenvalue weighted by Gasteiger charge is -2.26. The van der Waals surface area contributed by atoms with E-state index in [1.54, 1.807) is 22.9 Å². The summed E-state index contributed by atoms with van der Waals surface area (Å²) in [7, 11) is -2.73. The van der Waals surface area contributed by atoms with Gasteiger partial charge < -0.3 is 15.0 Å². The lowest BCUT2D eigenvalue weighted by Crippen LogP contribution is -2.54. The van der Waals surface area contributed by atoms with Gasteiger partial charge in [0.05, 0.1) is 13.7 Å². The van der Waals surface area contributed by atoms with Gasteiger partial charge in [0, 0.05) is 23.2 Å². The van der Waals surface area contributed by atoms with Gasteiger partial charge >= 0.3 is 6.03 Å². The molecule has 5 N–H and O–H groups in total. The standard InChI is InChI=1S/C22H19N5O7S/c1-34-16-7-6-15-11-27(19(29)17(15)10-16)12-22(20(30)24-21(31)25-22)9-8-13-2-4-14(5-3-13)18(28)26-35(23,32)33/h2-7,10H,11-12H2,1H3,(H,26,28)(H2,23,32,33)(H2,24,25,30,31). The number of methoxy groups -OCH3 is 1. The fourth-order valence-electron chi connectivity index (χ4n) is 3.68. The molecule has 0 aliphatic carbocycles. The first-order valence-corrected chi connectivity index (χ1v) is 11.6. The van der Waals surface area contributed by atoms with Crippen LogP contribution >= 0.6 is 0 Å². The number of carbonyl (C=O) groups is 4. The van der Waals surface area contributed by atoms with Crippen LogP contribution in [0.25, 0.3) is 0 Å². The van der Waals surface area contributed by atoms with E-state index in [-0.39, 0.29) is 24.6 Å². The quantitative estimate of drug-likeness (QED) is 0.309. The molecule has 2 aliphatic heterocycles. The number of hydrogen-bond acceptors (Lipinski definition) is 7. The lowest BCUT2D eigenvalue weighted by molar-refractivity contribution is -0.122. The topological polar surface area (TPSA) is 177 Å². The Labute approximate surface area is 200 Å². The number of fused-ring (bicyclic) bond motifs is 1. The van der Waals surface area contributed by atoms with E-state index >= 15 is 0 Å². The van der Waals surface area contributed by atoms with Crippen molar-refractivity contribution in [3.63, 3.8) is 0 Å². The van der Waals surface area contributed by atoms with Gasteiger partial charge in [0.1, 0.15) is 5.75 Å². The zero-order valence-corrected chi connectivity index (χ0v) is 19.1. The number of rotatable bonds is 5. The minimum Gasteiger partial charge on any atom is -0.497 e. The SMILES string of the molecule is COc1ccc2c(c1)C(=O)N(CC1(C#Cc3ccc(C(=O)NS(N)(=O)=O)cc3)NC(=O)NC1=O)C2. The minimum atomic E-state index is -4.21. The van der Waals surface area contributed by atoms with Crippen molar-refractivity contribution in [3.8, 4) is 17.6 Å². The second-order valence-corrected chi connectivity index (χ2v) is 9.10. The van der Waals surface area contributed by atoms with E-state index < -0.39 is 33.6 Å². The third-order valence-corrected chi connectivity index (χ3v) is 5.84. The Kier molecular flexibility index (Phi) is 5.93. The van der Waals surface area contributed by atoms with E-state index in [1.807, 2.05) is 0 Å². The Morgan fingerprint density at radius 1 is 1.20 bits per heavy atom. The van der Waals surface area contributed by atoms with Gasteiger partial charge in [-0.1, -0.05) is 17.9 Å². The summed E-state index contributed by atoms with van der Waals surface area (Å²) in [4.78, 5) is 50.9. The highest BCUT2D eigenvalue weighted by Gasteiger charge is 2.48. The number of amides is 5. The Morgan fingerprint density at radius 2 is 1.91 bits per heavy atom. The summed E-state index contributed by atoms with van der Waals surface area (Å²) in [5.74, 6) is 4.06. The molecule has 12 nitrogen and oxygen atoms in total. The fraction of sp³-hybridized carbons (Fsp3) is 0.182. The molecular formula is C22H19N5O7S. The smallest absolute Gasteiger partial charge is 0.323 e.